The van der Waals surface area contributed by atoms with Gasteiger partial charge in [-0.1, -0.05) is 13.8 Å². The number of benzene rings is 1. The molecule has 9 heteroatoms. The molecule has 8 nitrogen and oxygen atoms in total. The van der Waals surface area contributed by atoms with Crippen molar-refractivity contribution in [3.05, 3.63) is 34.1 Å². The van der Waals surface area contributed by atoms with Gasteiger partial charge in [0, 0.05) is 12.1 Å². The van der Waals surface area contributed by atoms with E-state index in [1.54, 1.807) is 13.8 Å². The minimum atomic E-state index is -1.24. The standard InChI is InChI=1S/C12H14FN3O5/c1-6(2)10(11(17)15-12(14)18)21-9-5-7(13)3-4-8(9)16(19)20/h3-6,10H,1-2H3,(H3,14,15,17,18)/t10-/m0/s1. The lowest BCUT2D eigenvalue weighted by atomic mass is 10.1. The SMILES string of the molecule is CC(C)[C@H](Oc1cc(F)ccc1[N+](=O)[O-])C(=O)NC(N)=O. The van der Waals surface area contributed by atoms with E-state index in [1.165, 1.54) is 0 Å². The maximum absolute atomic E-state index is 13.2. The molecule has 0 bridgehead atoms. The number of rotatable bonds is 5. The van der Waals surface area contributed by atoms with E-state index in [2.05, 4.69) is 0 Å². The predicted octanol–water partition coefficient (Wildman–Crippen LogP) is 1.33. The highest BCUT2D eigenvalue weighted by atomic mass is 19.1. The fraction of sp³-hybridized carbons (Fsp3) is 0.333. The van der Waals surface area contributed by atoms with Crippen molar-refractivity contribution in [3.63, 3.8) is 0 Å². The van der Waals surface area contributed by atoms with E-state index < -0.39 is 46.1 Å². The van der Waals surface area contributed by atoms with E-state index in [1.807, 2.05) is 5.32 Å². The second kappa shape index (κ2) is 6.64. The van der Waals surface area contributed by atoms with Crippen LogP contribution in [0, 0.1) is 21.8 Å². The number of hydrogen-bond acceptors (Lipinski definition) is 5. The zero-order chi connectivity index (χ0) is 16.2. The number of nitro benzene ring substituents is 1. The van der Waals surface area contributed by atoms with Crippen LogP contribution in [0.1, 0.15) is 13.8 Å². The van der Waals surface area contributed by atoms with Gasteiger partial charge >= 0.3 is 11.7 Å². The summed E-state index contributed by atoms with van der Waals surface area (Å²) in [6, 6.07) is 1.54. The van der Waals surface area contributed by atoms with E-state index in [9.17, 15) is 24.1 Å². The number of urea groups is 1. The van der Waals surface area contributed by atoms with E-state index >= 15 is 0 Å². The summed E-state index contributed by atoms with van der Waals surface area (Å²) < 4.78 is 18.4. The summed E-state index contributed by atoms with van der Waals surface area (Å²) in [5.74, 6) is -2.46. The van der Waals surface area contributed by atoms with Gasteiger partial charge in [-0.25, -0.2) is 9.18 Å². The van der Waals surface area contributed by atoms with Crippen molar-refractivity contribution in [2.24, 2.45) is 11.7 Å². The van der Waals surface area contributed by atoms with Crippen LogP contribution in [-0.2, 0) is 4.79 Å². The Morgan fingerprint density at radius 1 is 1.43 bits per heavy atom. The Morgan fingerprint density at radius 2 is 2.05 bits per heavy atom. The van der Waals surface area contributed by atoms with Crippen molar-refractivity contribution in [1.82, 2.24) is 5.32 Å². The number of imide groups is 1. The molecule has 0 spiro atoms. The zero-order valence-corrected chi connectivity index (χ0v) is 11.3. The molecule has 21 heavy (non-hydrogen) atoms. The molecule has 1 aromatic rings. The molecule has 3 N–H and O–H groups in total. The molecule has 0 saturated carbocycles. The van der Waals surface area contributed by atoms with Gasteiger partial charge in [0.15, 0.2) is 6.10 Å². The quantitative estimate of drug-likeness (QED) is 0.626. The van der Waals surface area contributed by atoms with Crippen LogP contribution in [0.25, 0.3) is 0 Å². The lowest BCUT2D eigenvalue weighted by Crippen LogP contribution is -2.46. The maximum Gasteiger partial charge on any atom is 0.318 e. The number of nitro groups is 1. The van der Waals surface area contributed by atoms with Crippen molar-refractivity contribution in [1.29, 1.82) is 0 Å². The van der Waals surface area contributed by atoms with Crippen LogP contribution in [0.2, 0.25) is 0 Å². The molecule has 0 aliphatic carbocycles. The molecule has 1 atom stereocenters. The van der Waals surface area contributed by atoms with Gasteiger partial charge in [-0.05, 0) is 12.0 Å². The topological polar surface area (TPSA) is 125 Å². The Hall–Kier alpha value is -2.71. The van der Waals surface area contributed by atoms with Crippen molar-refractivity contribution < 1.29 is 23.6 Å². The molecule has 0 saturated heterocycles. The number of carbonyl (C=O) groups excluding carboxylic acids is 2. The van der Waals surface area contributed by atoms with Crippen LogP contribution in [0.15, 0.2) is 18.2 Å². The fourth-order valence-electron chi connectivity index (χ4n) is 1.55. The third-order valence-electron chi connectivity index (χ3n) is 2.48. The van der Waals surface area contributed by atoms with Crippen LogP contribution >= 0.6 is 0 Å². The average molecular weight is 299 g/mol. The first-order valence-electron chi connectivity index (χ1n) is 5.93. The summed E-state index contributed by atoms with van der Waals surface area (Å²) in [5, 5.41) is 12.7. The Labute approximate surface area is 119 Å². The fourth-order valence-corrected chi connectivity index (χ4v) is 1.55. The summed E-state index contributed by atoms with van der Waals surface area (Å²) in [6.07, 6.45) is -1.24. The minimum absolute atomic E-state index is 0.404. The minimum Gasteiger partial charge on any atom is -0.473 e. The second-order valence-corrected chi connectivity index (χ2v) is 4.51. The van der Waals surface area contributed by atoms with Gasteiger partial charge in [0.05, 0.1) is 4.92 Å². The molecular formula is C12H14FN3O5. The van der Waals surface area contributed by atoms with E-state index in [0.29, 0.717) is 0 Å². The van der Waals surface area contributed by atoms with Gasteiger partial charge in [-0.15, -0.1) is 0 Å². The van der Waals surface area contributed by atoms with Crippen LogP contribution in [0.5, 0.6) is 5.75 Å². The van der Waals surface area contributed by atoms with Crippen LogP contribution in [0.3, 0.4) is 0 Å². The number of carbonyl (C=O) groups is 2. The average Bonchev–Trinajstić information content (AvgIpc) is 2.34. The first-order chi connectivity index (χ1) is 9.72. The van der Waals surface area contributed by atoms with E-state index in [4.69, 9.17) is 10.5 Å². The lowest BCUT2D eigenvalue weighted by molar-refractivity contribution is -0.386. The predicted molar refractivity (Wildman–Crippen MR) is 70.0 cm³/mol. The normalized spacial score (nSPS) is 11.8. The van der Waals surface area contributed by atoms with Crippen molar-refractivity contribution >= 4 is 17.6 Å². The molecule has 3 amide bonds. The second-order valence-electron chi connectivity index (χ2n) is 4.51. The van der Waals surface area contributed by atoms with Gasteiger partial charge in [0.1, 0.15) is 5.82 Å². The third kappa shape index (κ3) is 4.41. The highest BCUT2D eigenvalue weighted by Gasteiger charge is 2.28. The van der Waals surface area contributed by atoms with Gasteiger partial charge < -0.3 is 10.5 Å². The molecule has 0 aliphatic heterocycles. The molecule has 1 aromatic carbocycles. The van der Waals surface area contributed by atoms with Gasteiger partial charge in [0.25, 0.3) is 5.91 Å². The van der Waals surface area contributed by atoms with Crippen LogP contribution in [0.4, 0.5) is 14.9 Å². The number of hydrogen-bond donors (Lipinski definition) is 2. The first-order valence-corrected chi connectivity index (χ1v) is 5.93. The van der Waals surface area contributed by atoms with E-state index in [0.717, 1.165) is 18.2 Å². The first kappa shape index (κ1) is 16.3. The molecule has 0 heterocycles. The van der Waals surface area contributed by atoms with Crippen LogP contribution in [-0.4, -0.2) is 23.0 Å². The van der Waals surface area contributed by atoms with Crippen molar-refractivity contribution in [2.45, 2.75) is 20.0 Å². The van der Waals surface area contributed by atoms with Gasteiger partial charge in [0.2, 0.25) is 5.75 Å². The zero-order valence-electron chi connectivity index (χ0n) is 11.3. The molecule has 0 aromatic heterocycles. The number of halogens is 1. The third-order valence-corrected chi connectivity index (χ3v) is 2.48. The number of ether oxygens (including phenoxy) is 1. The lowest BCUT2D eigenvalue weighted by Gasteiger charge is -2.20. The molecule has 1 rings (SSSR count). The smallest absolute Gasteiger partial charge is 0.318 e. The molecule has 0 unspecified atom stereocenters. The molecule has 0 fully saturated rings. The number of nitrogens with two attached hydrogens (primary N) is 1. The number of nitrogens with one attached hydrogen (secondary N) is 1. The Kier molecular flexibility index (Phi) is 5.17. The Bertz CT molecular complexity index is 576. The Morgan fingerprint density at radius 3 is 2.52 bits per heavy atom. The Balaban J connectivity index is 3.09. The summed E-state index contributed by atoms with van der Waals surface area (Å²) >= 11 is 0. The molecule has 114 valence electrons. The highest BCUT2D eigenvalue weighted by Crippen LogP contribution is 2.29. The summed E-state index contributed by atoms with van der Waals surface area (Å²) in [4.78, 5) is 32.5. The van der Waals surface area contributed by atoms with Crippen molar-refractivity contribution in [2.75, 3.05) is 0 Å². The molecule has 0 aliphatic rings. The number of amides is 3. The summed E-state index contributed by atoms with van der Waals surface area (Å²) in [6.45, 7) is 3.19. The number of primary amides is 1. The molecule has 0 radical (unpaired) electrons. The maximum atomic E-state index is 13.2. The van der Waals surface area contributed by atoms with Gasteiger partial charge in [-0.3, -0.25) is 20.2 Å². The van der Waals surface area contributed by atoms with Crippen LogP contribution < -0.4 is 15.8 Å². The molecular weight excluding hydrogens is 285 g/mol. The number of nitrogens with zero attached hydrogens (tertiary/aromatic N) is 1. The summed E-state index contributed by atoms with van der Waals surface area (Å²) in [7, 11) is 0. The van der Waals surface area contributed by atoms with E-state index in [-0.39, 0.29) is 0 Å². The summed E-state index contributed by atoms with van der Waals surface area (Å²) in [5.41, 5.74) is 4.34. The monoisotopic (exact) mass is 299 g/mol. The van der Waals surface area contributed by atoms with Crippen molar-refractivity contribution in [3.8, 4) is 5.75 Å². The van der Waals surface area contributed by atoms with Gasteiger partial charge in [-0.2, -0.15) is 0 Å². The highest BCUT2D eigenvalue weighted by molar-refractivity contribution is 5.96. The largest absolute Gasteiger partial charge is 0.473 e.